The van der Waals surface area contributed by atoms with E-state index in [0.29, 0.717) is 35.7 Å². The molecule has 1 fully saturated rings. The van der Waals surface area contributed by atoms with Gasteiger partial charge in [0.25, 0.3) is 5.91 Å². The molecule has 5 atom stereocenters. The van der Waals surface area contributed by atoms with Crippen LogP contribution < -0.4 is 14.5 Å². The first-order chi connectivity index (χ1) is 25.0. The third-order valence-corrected chi connectivity index (χ3v) is 13.6. The van der Waals surface area contributed by atoms with Crippen molar-refractivity contribution < 1.29 is 33.8 Å². The molecule has 3 aliphatic heterocycles. The van der Waals surface area contributed by atoms with Crippen LogP contribution in [0.3, 0.4) is 0 Å². The van der Waals surface area contributed by atoms with Gasteiger partial charge in [-0.25, -0.2) is 0 Å². The van der Waals surface area contributed by atoms with E-state index >= 15 is 4.79 Å². The second-order valence-electron chi connectivity index (χ2n) is 14.7. The molecule has 0 unspecified atom stereocenters. The molecule has 10 nitrogen and oxygen atoms in total. The van der Waals surface area contributed by atoms with E-state index in [-0.39, 0.29) is 37.4 Å². The van der Waals surface area contributed by atoms with Crippen LogP contribution in [0.2, 0.25) is 18.6 Å². The van der Waals surface area contributed by atoms with Crippen molar-refractivity contribution in [3.05, 3.63) is 119 Å². The number of amides is 3. The Morgan fingerprint density at radius 2 is 1.71 bits per heavy atom. The maximum Gasteiger partial charge on any atom is 0.264 e. The molecule has 0 saturated carbocycles. The van der Waals surface area contributed by atoms with Crippen molar-refractivity contribution in [2.45, 2.75) is 69.2 Å². The maximum absolute atomic E-state index is 15.0. The largest absolute Gasteiger partial charge is 0.497 e. The number of aliphatic hydroxyl groups is 1. The van der Waals surface area contributed by atoms with Crippen LogP contribution in [0.4, 0.5) is 17.1 Å². The Hall–Kier alpha value is -4.81. The minimum absolute atomic E-state index is 0.0396. The molecule has 270 valence electrons. The highest BCUT2D eigenvalue weighted by molar-refractivity contribution is 6.71. The molecule has 0 aliphatic carbocycles. The Kier molecular flexibility index (Phi) is 9.55. The van der Waals surface area contributed by atoms with Crippen LogP contribution in [0.5, 0.6) is 5.75 Å². The Labute approximate surface area is 305 Å². The number of ether oxygens (including phenoxy) is 2. The number of hydrogen-bond acceptors (Lipinski definition) is 7. The van der Waals surface area contributed by atoms with E-state index in [1.807, 2.05) is 117 Å². The van der Waals surface area contributed by atoms with Gasteiger partial charge in [-0.15, -0.1) is 0 Å². The van der Waals surface area contributed by atoms with Crippen molar-refractivity contribution in [1.29, 1.82) is 0 Å². The van der Waals surface area contributed by atoms with Gasteiger partial charge in [0.15, 0.2) is 13.9 Å². The standard InChI is InChI=1S/C41H45N3O7Si/c1-27-39(52(3,4)49)37(22-38(47)42-24-30-13-9-8-12-29(30)20-33(42)25-45)51-41(27)35-21-34(50-2)17-18-36(35)43(40(41)48)23-28-11-10-16-32(19-28)44(26-46)31-14-6-5-7-15-31/h5-19,21,26-27,33,37,39,45,49H,20,22-25H2,1-4H3/t27-,33+,37+,39-,41+/m1/s1. The molecule has 0 bridgehead atoms. The molecule has 7 rings (SSSR count). The van der Waals surface area contributed by atoms with Gasteiger partial charge in [0, 0.05) is 34.9 Å². The molecule has 11 heteroatoms. The lowest BCUT2D eigenvalue weighted by atomic mass is 9.82. The number of aliphatic hydroxyl groups excluding tert-OH is 1. The number of methoxy groups -OCH3 is 1. The predicted molar refractivity (Wildman–Crippen MR) is 201 cm³/mol. The van der Waals surface area contributed by atoms with Gasteiger partial charge in [0.1, 0.15) is 5.75 Å². The van der Waals surface area contributed by atoms with Crippen molar-refractivity contribution >= 4 is 43.6 Å². The lowest BCUT2D eigenvalue weighted by molar-refractivity contribution is -0.151. The SMILES string of the molecule is COc1ccc2c(c1)[C@]1(O[C@@H](CC(=O)N3Cc4ccccc4C[C@H]3CO)[C@H]([Si](C)(C)O)[C@H]1C)C(=O)N2Cc1cccc(N(C=O)c2ccccc2)c1. The average Bonchev–Trinajstić information content (AvgIpc) is 3.57. The normalized spacial score (nSPS) is 23.8. The average molecular weight is 720 g/mol. The Morgan fingerprint density at radius 3 is 2.40 bits per heavy atom. The summed E-state index contributed by atoms with van der Waals surface area (Å²) in [5, 5.41) is 10.3. The number of hydrogen-bond donors (Lipinski definition) is 2. The first kappa shape index (κ1) is 35.6. The van der Waals surface area contributed by atoms with Gasteiger partial charge in [-0.3, -0.25) is 19.3 Å². The Morgan fingerprint density at radius 1 is 1.00 bits per heavy atom. The summed E-state index contributed by atoms with van der Waals surface area (Å²) in [7, 11) is -1.48. The third kappa shape index (κ3) is 6.11. The van der Waals surface area contributed by atoms with Crippen molar-refractivity contribution in [1.82, 2.24) is 4.90 Å². The van der Waals surface area contributed by atoms with E-state index in [9.17, 15) is 19.5 Å². The van der Waals surface area contributed by atoms with E-state index in [1.54, 1.807) is 21.8 Å². The predicted octanol–water partition coefficient (Wildman–Crippen LogP) is 5.67. The highest BCUT2D eigenvalue weighted by Crippen LogP contribution is 2.60. The van der Waals surface area contributed by atoms with Crippen molar-refractivity contribution in [2.75, 3.05) is 23.5 Å². The van der Waals surface area contributed by atoms with Crippen molar-refractivity contribution in [3.63, 3.8) is 0 Å². The molecule has 2 N–H and O–H groups in total. The molecule has 52 heavy (non-hydrogen) atoms. The summed E-state index contributed by atoms with van der Waals surface area (Å²) in [6.07, 6.45) is 0.533. The van der Waals surface area contributed by atoms with Gasteiger partial charge in [0.2, 0.25) is 12.3 Å². The van der Waals surface area contributed by atoms with E-state index in [1.165, 1.54) is 0 Å². The fourth-order valence-corrected chi connectivity index (χ4v) is 11.3. The lowest BCUT2D eigenvalue weighted by Gasteiger charge is -2.37. The van der Waals surface area contributed by atoms with Crippen LogP contribution in [0.1, 0.15) is 35.6 Å². The maximum atomic E-state index is 15.0. The molecule has 3 heterocycles. The number of nitrogens with zero attached hydrogens (tertiary/aromatic N) is 3. The van der Waals surface area contributed by atoms with Crippen LogP contribution in [0.15, 0.2) is 97.1 Å². The second kappa shape index (κ2) is 14.0. The van der Waals surface area contributed by atoms with Crippen LogP contribution in [-0.4, -0.2) is 67.2 Å². The summed E-state index contributed by atoms with van der Waals surface area (Å²) in [5.74, 6) is -0.383. The molecule has 3 amide bonds. The number of para-hydroxylation sites is 1. The zero-order valence-corrected chi connectivity index (χ0v) is 30.9. The van der Waals surface area contributed by atoms with Gasteiger partial charge in [0.05, 0.1) is 44.5 Å². The van der Waals surface area contributed by atoms with Gasteiger partial charge >= 0.3 is 0 Å². The monoisotopic (exact) mass is 719 g/mol. The summed E-state index contributed by atoms with van der Waals surface area (Å²) in [6, 6.07) is 29.9. The Bertz CT molecular complexity index is 1980. The first-order valence-corrected chi connectivity index (χ1v) is 20.8. The number of benzene rings is 4. The minimum Gasteiger partial charge on any atom is -0.497 e. The van der Waals surface area contributed by atoms with E-state index in [4.69, 9.17) is 9.47 Å². The van der Waals surface area contributed by atoms with Crippen LogP contribution in [0.25, 0.3) is 0 Å². The second-order valence-corrected chi connectivity index (χ2v) is 18.6. The molecular weight excluding hydrogens is 675 g/mol. The van der Waals surface area contributed by atoms with Crippen LogP contribution >= 0.6 is 0 Å². The summed E-state index contributed by atoms with van der Waals surface area (Å²) >= 11 is 0. The summed E-state index contributed by atoms with van der Waals surface area (Å²) in [6.45, 7) is 6.01. The summed E-state index contributed by atoms with van der Waals surface area (Å²) < 4.78 is 12.6. The number of rotatable bonds is 10. The smallest absolute Gasteiger partial charge is 0.264 e. The fourth-order valence-electron chi connectivity index (χ4n) is 8.72. The number of carbonyl (C=O) groups is 3. The topological polar surface area (TPSA) is 120 Å². The van der Waals surface area contributed by atoms with Crippen LogP contribution in [0, 0.1) is 5.92 Å². The zero-order valence-electron chi connectivity index (χ0n) is 29.9. The van der Waals surface area contributed by atoms with Gasteiger partial charge in [-0.05, 0) is 78.7 Å². The summed E-state index contributed by atoms with van der Waals surface area (Å²) in [5.41, 5.74) is 3.70. The minimum atomic E-state index is -3.05. The summed E-state index contributed by atoms with van der Waals surface area (Å²) in [4.78, 5) is 58.2. The molecule has 4 aromatic rings. The van der Waals surface area contributed by atoms with E-state index < -0.39 is 31.5 Å². The number of fused-ring (bicyclic) bond motifs is 3. The molecule has 3 aliphatic rings. The van der Waals surface area contributed by atoms with E-state index in [0.717, 1.165) is 28.8 Å². The molecule has 4 aromatic carbocycles. The molecular formula is C41H45N3O7Si. The van der Waals surface area contributed by atoms with Gasteiger partial charge < -0.3 is 29.2 Å². The Balaban J connectivity index is 1.23. The number of anilines is 3. The fraction of sp³-hybridized carbons (Fsp3) is 0.341. The highest BCUT2D eigenvalue weighted by atomic mass is 28.4. The van der Waals surface area contributed by atoms with E-state index in [2.05, 4.69) is 0 Å². The lowest BCUT2D eigenvalue weighted by Crippen LogP contribution is -2.48. The van der Waals surface area contributed by atoms with Gasteiger partial charge in [-0.2, -0.15) is 0 Å². The van der Waals surface area contributed by atoms with Crippen LogP contribution in [-0.2, 0) is 44.2 Å². The van der Waals surface area contributed by atoms with Crippen molar-refractivity contribution in [3.8, 4) is 5.75 Å². The molecule has 0 aromatic heterocycles. The van der Waals surface area contributed by atoms with Crippen molar-refractivity contribution in [2.24, 2.45) is 5.92 Å². The third-order valence-electron chi connectivity index (χ3n) is 11.1. The molecule has 1 spiro atoms. The number of carbonyl (C=O) groups excluding carboxylic acids is 3. The zero-order chi connectivity index (χ0) is 36.8. The molecule has 0 radical (unpaired) electrons. The molecule has 1 saturated heterocycles. The highest BCUT2D eigenvalue weighted by Gasteiger charge is 2.66. The van der Waals surface area contributed by atoms with Gasteiger partial charge in [-0.1, -0.05) is 61.5 Å². The quantitative estimate of drug-likeness (QED) is 0.160. The first-order valence-electron chi connectivity index (χ1n) is 17.8.